The summed E-state index contributed by atoms with van der Waals surface area (Å²) in [4.78, 5) is 42.9. The molecule has 0 amide bonds. The van der Waals surface area contributed by atoms with Crippen LogP contribution in [0.2, 0.25) is 0 Å². The molecule has 2 N–H and O–H groups in total. The van der Waals surface area contributed by atoms with E-state index in [1.54, 1.807) is 0 Å². The van der Waals surface area contributed by atoms with Crippen LogP contribution in [0.15, 0.2) is 72.9 Å². The zero-order valence-corrected chi connectivity index (χ0v) is 37.1. The molecule has 0 radical (unpaired) electrons. The first kappa shape index (κ1) is 54.5. The molecule has 0 aromatic rings. The van der Waals surface area contributed by atoms with E-state index in [-0.39, 0.29) is 19.4 Å². The van der Waals surface area contributed by atoms with E-state index >= 15 is 0 Å². The fourth-order valence-corrected chi connectivity index (χ4v) is 6.53. The van der Waals surface area contributed by atoms with Gasteiger partial charge in [-0.1, -0.05) is 209 Å². The predicted molar refractivity (Wildman–Crippen MR) is 239 cm³/mol. The van der Waals surface area contributed by atoms with Crippen molar-refractivity contribution in [2.75, 3.05) is 13.2 Å². The average Bonchev–Trinajstić information content (AvgIpc) is 3.18. The van der Waals surface area contributed by atoms with Crippen molar-refractivity contribution in [1.29, 1.82) is 0 Å². The molecule has 1 atom stereocenters. The smallest absolute Gasteiger partial charge is 0.462 e. The van der Waals surface area contributed by atoms with Crippen molar-refractivity contribution in [1.82, 2.24) is 0 Å². The van der Waals surface area contributed by atoms with Crippen molar-refractivity contribution in [3.05, 3.63) is 72.9 Å². The molecule has 0 spiro atoms. The number of phosphoric ester groups is 1. The highest BCUT2D eigenvalue weighted by Gasteiger charge is 2.22. The SMILES string of the molecule is CC/C=C/C/C=C/C/C=C/C/C=C/C/C=C/C/C=C/CCC(=O)O[C@H](COC(=O)CCCCCCCCCCCCCCCCCCCCCC)COP(=O)(O)O. The summed E-state index contributed by atoms with van der Waals surface area (Å²) < 4.78 is 26.4. The molecular weight excluding hydrogens is 735 g/mol. The summed E-state index contributed by atoms with van der Waals surface area (Å²) in [6.07, 6.45) is 56.4. The van der Waals surface area contributed by atoms with Crippen molar-refractivity contribution >= 4 is 19.8 Å². The van der Waals surface area contributed by atoms with Crippen LogP contribution in [-0.4, -0.2) is 41.0 Å². The van der Waals surface area contributed by atoms with Gasteiger partial charge in [0.25, 0.3) is 0 Å². The van der Waals surface area contributed by atoms with Gasteiger partial charge in [-0.25, -0.2) is 4.57 Å². The quantitative estimate of drug-likeness (QED) is 0.0271. The molecule has 0 heterocycles. The topological polar surface area (TPSA) is 119 Å². The first-order valence-electron chi connectivity index (χ1n) is 22.7. The van der Waals surface area contributed by atoms with Crippen LogP contribution in [0.4, 0.5) is 0 Å². The third kappa shape index (κ3) is 46.1. The van der Waals surface area contributed by atoms with Gasteiger partial charge in [0.2, 0.25) is 0 Å². The Morgan fingerprint density at radius 1 is 0.474 bits per heavy atom. The third-order valence-electron chi connectivity index (χ3n) is 9.50. The Hall–Kier alpha value is -2.51. The molecule has 0 aromatic carbocycles. The summed E-state index contributed by atoms with van der Waals surface area (Å²) in [5.41, 5.74) is 0. The Morgan fingerprint density at radius 2 is 0.842 bits per heavy atom. The van der Waals surface area contributed by atoms with Crippen LogP contribution in [0.5, 0.6) is 0 Å². The maximum absolute atomic E-state index is 12.4. The molecule has 328 valence electrons. The molecular formula is C48H83O8P. The number of hydrogen-bond acceptors (Lipinski definition) is 6. The summed E-state index contributed by atoms with van der Waals surface area (Å²) in [7, 11) is -4.78. The lowest BCUT2D eigenvalue weighted by atomic mass is 10.0. The summed E-state index contributed by atoms with van der Waals surface area (Å²) in [5.74, 6) is -0.980. The molecule has 8 nitrogen and oxygen atoms in total. The maximum atomic E-state index is 12.4. The van der Waals surface area contributed by atoms with Gasteiger partial charge in [0.15, 0.2) is 6.10 Å². The van der Waals surface area contributed by atoms with Gasteiger partial charge in [0.05, 0.1) is 6.61 Å². The molecule has 0 aliphatic rings. The van der Waals surface area contributed by atoms with E-state index in [0.717, 1.165) is 51.4 Å². The van der Waals surface area contributed by atoms with Crippen molar-refractivity contribution in [2.24, 2.45) is 0 Å². The normalized spacial score (nSPS) is 13.1. The summed E-state index contributed by atoms with van der Waals surface area (Å²) in [5, 5.41) is 0. The maximum Gasteiger partial charge on any atom is 0.469 e. The Bertz CT molecular complexity index is 1150. The number of esters is 2. The number of hydrogen-bond donors (Lipinski definition) is 2. The fourth-order valence-electron chi connectivity index (χ4n) is 6.16. The van der Waals surface area contributed by atoms with Crippen LogP contribution in [0, 0.1) is 0 Å². The lowest BCUT2D eigenvalue weighted by molar-refractivity contribution is -0.161. The van der Waals surface area contributed by atoms with Gasteiger partial charge in [-0.15, -0.1) is 0 Å². The second kappa shape index (κ2) is 43.1. The minimum Gasteiger partial charge on any atom is -0.462 e. The zero-order valence-electron chi connectivity index (χ0n) is 36.2. The lowest BCUT2D eigenvalue weighted by Crippen LogP contribution is -2.29. The second-order valence-electron chi connectivity index (χ2n) is 15.0. The number of carbonyl (C=O) groups excluding carboxylic acids is 2. The first-order valence-corrected chi connectivity index (χ1v) is 24.3. The molecule has 0 saturated heterocycles. The summed E-state index contributed by atoms with van der Waals surface area (Å²) in [6, 6.07) is 0. The highest BCUT2D eigenvalue weighted by atomic mass is 31.2. The van der Waals surface area contributed by atoms with E-state index in [4.69, 9.17) is 19.3 Å². The minimum absolute atomic E-state index is 0.0852. The number of unbranched alkanes of at least 4 members (excludes halogenated alkanes) is 19. The van der Waals surface area contributed by atoms with Crippen LogP contribution in [0.1, 0.15) is 200 Å². The molecule has 0 saturated carbocycles. The van der Waals surface area contributed by atoms with Gasteiger partial charge in [0.1, 0.15) is 6.61 Å². The Morgan fingerprint density at radius 3 is 1.23 bits per heavy atom. The van der Waals surface area contributed by atoms with E-state index in [9.17, 15) is 14.2 Å². The highest BCUT2D eigenvalue weighted by Crippen LogP contribution is 2.36. The van der Waals surface area contributed by atoms with Gasteiger partial charge in [-0.05, 0) is 51.4 Å². The van der Waals surface area contributed by atoms with E-state index < -0.39 is 32.5 Å². The standard InChI is InChI=1S/C48H83O8P/c1-3-5-7-9-11-13-15-17-19-21-23-25-26-28-30-32-34-36-38-40-42-47(49)54-44-46(45-55-57(51,52)53)56-48(50)43-41-39-37-35-33-31-29-27-24-22-20-18-16-14-12-10-8-6-4-2/h6,8,12,14,18,20,24,27,31,33,37,39,46H,3-5,7,9-11,13,15-17,19,21-23,25-26,28-30,32,34-36,38,40-45H2,1-2H3,(H2,51,52,53)/b8-6+,14-12+,20-18+,27-24+,33-31+,39-37+/t46-/m1/s1. The Labute approximate surface area is 349 Å². The van der Waals surface area contributed by atoms with Gasteiger partial charge >= 0.3 is 19.8 Å². The number of rotatable bonds is 41. The molecule has 0 rings (SSSR count). The molecule has 0 fully saturated rings. The zero-order chi connectivity index (χ0) is 41.8. The van der Waals surface area contributed by atoms with E-state index in [1.165, 1.54) is 109 Å². The minimum atomic E-state index is -4.78. The number of allylic oxidation sites excluding steroid dienone is 12. The van der Waals surface area contributed by atoms with Gasteiger partial charge in [-0.2, -0.15) is 0 Å². The second-order valence-corrected chi connectivity index (χ2v) is 16.2. The molecule has 0 aliphatic heterocycles. The third-order valence-corrected chi connectivity index (χ3v) is 9.99. The summed E-state index contributed by atoms with van der Waals surface area (Å²) in [6.45, 7) is 3.53. The fraction of sp³-hybridized carbons (Fsp3) is 0.708. The molecule has 0 unspecified atom stereocenters. The molecule has 0 aliphatic carbocycles. The average molecular weight is 819 g/mol. The molecule has 0 bridgehead atoms. The number of ether oxygens (including phenoxy) is 2. The van der Waals surface area contributed by atoms with E-state index in [0.29, 0.717) is 12.8 Å². The van der Waals surface area contributed by atoms with Crippen LogP contribution in [0.3, 0.4) is 0 Å². The van der Waals surface area contributed by atoms with Crippen molar-refractivity contribution in [3.8, 4) is 0 Å². The van der Waals surface area contributed by atoms with E-state index in [1.807, 2.05) is 12.2 Å². The van der Waals surface area contributed by atoms with E-state index in [2.05, 4.69) is 79.1 Å². The highest BCUT2D eigenvalue weighted by molar-refractivity contribution is 7.46. The van der Waals surface area contributed by atoms with Gasteiger partial charge in [-0.3, -0.25) is 14.1 Å². The predicted octanol–water partition coefficient (Wildman–Crippen LogP) is 14.2. The van der Waals surface area contributed by atoms with Gasteiger partial charge < -0.3 is 19.3 Å². The Kier molecular flexibility index (Phi) is 41.2. The van der Waals surface area contributed by atoms with Crippen molar-refractivity contribution in [2.45, 2.75) is 206 Å². The lowest BCUT2D eigenvalue weighted by Gasteiger charge is -2.18. The van der Waals surface area contributed by atoms with Crippen molar-refractivity contribution < 1.29 is 37.9 Å². The first-order chi connectivity index (χ1) is 27.8. The number of phosphoric acid groups is 1. The largest absolute Gasteiger partial charge is 0.469 e. The van der Waals surface area contributed by atoms with Gasteiger partial charge in [0, 0.05) is 12.8 Å². The molecule has 9 heteroatoms. The monoisotopic (exact) mass is 819 g/mol. The molecule has 57 heavy (non-hydrogen) atoms. The van der Waals surface area contributed by atoms with Crippen molar-refractivity contribution in [3.63, 3.8) is 0 Å². The van der Waals surface area contributed by atoms with Crippen LogP contribution >= 0.6 is 7.82 Å². The van der Waals surface area contributed by atoms with Crippen LogP contribution in [-0.2, 0) is 28.2 Å². The molecule has 0 aromatic heterocycles. The van der Waals surface area contributed by atoms with Crippen LogP contribution in [0.25, 0.3) is 0 Å². The number of carbonyl (C=O) groups is 2. The summed E-state index contributed by atoms with van der Waals surface area (Å²) >= 11 is 0. The van der Waals surface area contributed by atoms with Crippen LogP contribution < -0.4 is 0 Å². The Balaban J connectivity index is 3.98.